The van der Waals surface area contributed by atoms with Crippen molar-refractivity contribution >= 4 is 23.6 Å². The van der Waals surface area contributed by atoms with Crippen LogP contribution in [0.15, 0.2) is 24.3 Å². The fourth-order valence-electron chi connectivity index (χ4n) is 4.27. The Bertz CT molecular complexity index is 840. The Morgan fingerprint density at radius 3 is 2.52 bits per heavy atom. The number of nitrogens with zero attached hydrogens (tertiary/aromatic N) is 4. The van der Waals surface area contributed by atoms with Gasteiger partial charge in [-0.15, -0.1) is 9.78 Å². The lowest BCUT2D eigenvalue weighted by atomic mass is 9.96. The molecule has 2 aliphatic rings. The van der Waals surface area contributed by atoms with Crippen LogP contribution in [0.5, 0.6) is 5.75 Å². The molecule has 0 unspecified atom stereocenters. The van der Waals surface area contributed by atoms with E-state index in [0.717, 1.165) is 43.7 Å². The van der Waals surface area contributed by atoms with Gasteiger partial charge in [0.2, 0.25) is 11.9 Å². The Hall–Kier alpha value is -2.81. The van der Waals surface area contributed by atoms with Crippen molar-refractivity contribution in [1.82, 2.24) is 25.0 Å². The number of anilines is 3. The largest absolute Gasteiger partial charge is 0.492 e. The monoisotopic (exact) mass is 427 g/mol. The number of rotatable bonds is 7. The first-order chi connectivity index (χ1) is 15.2. The van der Waals surface area contributed by atoms with Crippen molar-refractivity contribution in [2.75, 3.05) is 37.3 Å². The molecular formula is C22H33N7O2. The van der Waals surface area contributed by atoms with Crippen LogP contribution in [0.25, 0.3) is 0 Å². The summed E-state index contributed by atoms with van der Waals surface area (Å²) in [6.07, 6.45) is 9.42. The Labute approximate surface area is 183 Å². The van der Waals surface area contributed by atoms with Crippen molar-refractivity contribution in [3.8, 4) is 5.75 Å². The minimum atomic E-state index is -0.309. The minimum absolute atomic E-state index is 0.0546. The van der Waals surface area contributed by atoms with Crippen molar-refractivity contribution < 1.29 is 9.53 Å². The Balaban J connectivity index is 1.30. The molecule has 1 saturated heterocycles. The smallest absolute Gasteiger partial charge is 0.345 e. The molecule has 1 aliphatic heterocycles. The summed E-state index contributed by atoms with van der Waals surface area (Å²) in [4.78, 5) is 19.3. The normalized spacial score (nSPS) is 17.9. The van der Waals surface area contributed by atoms with Crippen molar-refractivity contribution in [2.24, 2.45) is 0 Å². The molecule has 2 fully saturated rings. The second-order valence-electron chi connectivity index (χ2n) is 8.39. The van der Waals surface area contributed by atoms with E-state index in [0.29, 0.717) is 12.6 Å². The Morgan fingerprint density at radius 2 is 1.77 bits per heavy atom. The number of carbonyl (C=O) groups excluding carboxylic acids is 1. The van der Waals surface area contributed by atoms with E-state index >= 15 is 0 Å². The number of carbonyl (C=O) groups is 1. The van der Waals surface area contributed by atoms with E-state index in [-0.39, 0.29) is 18.0 Å². The van der Waals surface area contributed by atoms with Gasteiger partial charge in [0.1, 0.15) is 12.4 Å². The first kappa shape index (κ1) is 21.4. The first-order valence-corrected chi connectivity index (χ1v) is 11.4. The third kappa shape index (κ3) is 6.10. The van der Waals surface area contributed by atoms with Crippen LogP contribution in [0.4, 0.5) is 22.4 Å². The maximum absolute atomic E-state index is 12.7. The maximum atomic E-state index is 12.7. The van der Waals surface area contributed by atoms with Gasteiger partial charge in [0.25, 0.3) is 0 Å². The van der Waals surface area contributed by atoms with Gasteiger partial charge in [-0.05, 0) is 63.0 Å². The molecule has 2 aromatic rings. The predicted molar refractivity (Wildman–Crippen MR) is 121 cm³/mol. The van der Waals surface area contributed by atoms with Gasteiger partial charge >= 0.3 is 6.03 Å². The van der Waals surface area contributed by atoms with Crippen molar-refractivity contribution in [2.45, 2.75) is 57.4 Å². The molecule has 4 N–H and O–H groups in total. The second-order valence-corrected chi connectivity index (χ2v) is 8.39. The number of aromatic nitrogens is 3. The van der Waals surface area contributed by atoms with Crippen molar-refractivity contribution in [3.63, 3.8) is 0 Å². The molecule has 0 spiro atoms. The quantitative estimate of drug-likeness (QED) is 0.621. The maximum Gasteiger partial charge on any atom is 0.345 e. The van der Waals surface area contributed by atoms with Gasteiger partial charge in [-0.1, -0.05) is 25.7 Å². The molecular weight excluding hydrogens is 394 g/mol. The van der Waals surface area contributed by atoms with Crippen LogP contribution in [0, 0.1) is 0 Å². The summed E-state index contributed by atoms with van der Waals surface area (Å²) in [5, 5.41) is 10.2. The van der Waals surface area contributed by atoms with Crippen LogP contribution in [0.1, 0.15) is 51.4 Å². The average Bonchev–Trinajstić information content (AvgIpc) is 3.16. The van der Waals surface area contributed by atoms with Gasteiger partial charge < -0.3 is 21.1 Å². The zero-order chi connectivity index (χ0) is 21.5. The second kappa shape index (κ2) is 10.5. The number of hydrogen-bond donors (Lipinski definition) is 3. The van der Waals surface area contributed by atoms with Gasteiger partial charge in [0.05, 0.1) is 0 Å². The highest BCUT2D eigenvalue weighted by Crippen LogP contribution is 2.21. The zero-order valence-electron chi connectivity index (χ0n) is 18.1. The highest BCUT2D eigenvalue weighted by Gasteiger charge is 2.20. The van der Waals surface area contributed by atoms with Gasteiger partial charge in [-0.2, -0.15) is 4.98 Å². The predicted octanol–water partition coefficient (Wildman–Crippen LogP) is 3.36. The van der Waals surface area contributed by atoms with Gasteiger partial charge in [-0.25, -0.2) is 4.79 Å². The standard InChI is InChI=1S/C22H33N7O2/c23-20-26-21(29(27-20)22(30)25-17-7-3-1-4-8-17)24-18-9-11-19(12-10-18)31-16-15-28-13-5-2-6-14-28/h9-12,17H,1-8,13-16H2,(H,25,30)(H3,23,24,26,27). The molecule has 0 radical (unpaired) electrons. The lowest BCUT2D eigenvalue weighted by Gasteiger charge is -2.26. The minimum Gasteiger partial charge on any atom is -0.492 e. The van der Waals surface area contributed by atoms with Crippen LogP contribution in [0.2, 0.25) is 0 Å². The third-order valence-electron chi connectivity index (χ3n) is 5.98. The molecule has 1 aliphatic carbocycles. The fraction of sp³-hybridized carbons (Fsp3) is 0.591. The summed E-state index contributed by atoms with van der Waals surface area (Å²) in [6.45, 7) is 3.98. The highest BCUT2D eigenvalue weighted by atomic mass is 16.5. The lowest BCUT2D eigenvalue weighted by Crippen LogP contribution is -2.39. The van der Waals surface area contributed by atoms with E-state index < -0.39 is 0 Å². The van der Waals surface area contributed by atoms with E-state index in [4.69, 9.17) is 10.5 Å². The number of amides is 1. The summed E-state index contributed by atoms with van der Waals surface area (Å²) in [5.41, 5.74) is 6.54. The zero-order valence-corrected chi connectivity index (χ0v) is 18.1. The van der Waals surface area contributed by atoms with Gasteiger partial charge in [0.15, 0.2) is 0 Å². The summed E-state index contributed by atoms with van der Waals surface area (Å²) >= 11 is 0. The van der Waals surface area contributed by atoms with Crippen LogP contribution < -0.4 is 21.1 Å². The lowest BCUT2D eigenvalue weighted by molar-refractivity contribution is 0.183. The van der Waals surface area contributed by atoms with E-state index in [1.165, 1.54) is 43.5 Å². The van der Waals surface area contributed by atoms with Crippen molar-refractivity contribution in [1.29, 1.82) is 0 Å². The van der Waals surface area contributed by atoms with E-state index in [2.05, 4.69) is 25.6 Å². The molecule has 31 heavy (non-hydrogen) atoms. The Morgan fingerprint density at radius 1 is 1.06 bits per heavy atom. The SMILES string of the molecule is Nc1nc(Nc2ccc(OCCN3CCCCC3)cc2)n(C(=O)NC2CCCCC2)n1. The number of likely N-dealkylation sites (tertiary alicyclic amines) is 1. The van der Waals surface area contributed by atoms with E-state index in [9.17, 15) is 4.79 Å². The van der Waals surface area contributed by atoms with Crippen molar-refractivity contribution in [3.05, 3.63) is 24.3 Å². The van der Waals surface area contributed by atoms with Gasteiger partial charge in [-0.3, -0.25) is 4.90 Å². The summed E-state index contributed by atoms with van der Waals surface area (Å²) in [6, 6.07) is 7.47. The Kier molecular flexibility index (Phi) is 7.24. The molecule has 4 rings (SSSR count). The molecule has 2 heterocycles. The molecule has 1 aromatic carbocycles. The molecule has 168 valence electrons. The molecule has 1 amide bonds. The topological polar surface area (TPSA) is 110 Å². The molecule has 9 nitrogen and oxygen atoms in total. The fourth-order valence-corrected chi connectivity index (χ4v) is 4.27. The van der Waals surface area contributed by atoms with Crippen LogP contribution in [-0.2, 0) is 0 Å². The number of benzene rings is 1. The number of hydrogen-bond acceptors (Lipinski definition) is 7. The average molecular weight is 428 g/mol. The van der Waals surface area contributed by atoms with Crippen LogP contribution in [0.3, 0.4) is 0 Å². The third-order valence-corrected chi connectivity index (χ3v) is 5.98. The number of ether oxygens (including phenoxy) is 1. The van der Waals surface area contributed by atoms with Crippen LogP contribution in [-0.4, -0.2) is 58.0 Å². The molecule has 0 bridgehead atoms. The molecule has 9 heteroatoms. The van der Waals surface area contributed by atoms with E-state index in [1.54, 1.807) is 0 Å². The summed E-state index contributed by atoms with van der Waals surface area (Å²) in [5.74, 6) is 1.17. The molecule has 1 aromatic heterocycles. The highest BCUT2D eigenvalue weighted by molar-refractivity contribution is 5.80. The van der Waals surface area contributed by atoms with Gasteiger partial charge in [0, 0.05) is 18.3 Å². The summed E-state index contributed by atoms with van der Waals surface area (Å²) < 4.78 is 7.08. The molecule has 0 atom stereocenters. The number of nitrogen functional groups attached to an aromatic ring is 1. The summed E-state index contributed by atoms with van der Waals surface area (Å²) in [7, 11) is 0. The number of piperidine rings is 1. The molecule has 1 saturated carbocycles. The number of nitrogens with one attached hydrogen (secondary N) is 2. The first-order valence-electron chi connectivity index (χ1n) is 11.4. The van der Waals surface area contributed by atoms with Crippen LogP contribution >= 0.6 is 0 Å². The number of nitrogens with two attached hydrogens (primary N) is 1. The van der Waals surface area contributed by atoms with E-state index in [1.807, 2.05) is 24.3 Å².